The van der Waals surface area contributed by atoms with E-state index in [0.29, 0.717) is 6.54 Å². The SMILES string of the molecule is C=CN(C/C=C/CC/C=C\CC)C(=O)C1CC1. The molecule has 1 amide bonds. The highest BCUT2D eigenvalue weighted by atomic mass is 16.2. The quantitative estimate of drug-likeness (QED) is 0.462. The molecule has 0 aromatic carbocycles. The molecule has 0 N–H and O–H groups in total. The van der Waals surface area contributed by atoms with E-state index in [1.165, 1.54) is 0 Å². The summed E-state index contributed by atoms with van der Waals surface area (Å²) in [6.45, 7) is 6.49. The third kappa shape index (κ3) is 5.53. The number of hydrogen-bond donors (Lipinski definition) is 0. The van der Waals surface area contributed by atoms with Crippen LogP contribution in [-0.4, -0.2) is 17.4 Å². The minimum atomic E-state index is 0.232. The van der Waals surface area contributed by atoms with Crippen molar-refractivity contribution in [1.29, 1.82) is 0 Å². The van der Waals surface area contributed by atoms with E-state index in [2.05, 4.69) is 37.8 Å². The van der Waals surface area contributed by atoms with Gasteiger partial charge >= 0.3 is 0 Å². The molecule has 1 saturated carbocycles. The summed E-state index contributed by atoms with van der Waals surface area (Å²) in [6.07, 6.45) is 15.5. The summed E-state index contributed by atoms with van der Waals surface area (Å²) in [4.78, 5) is 13.5. The molecule has 2 nitrogen and oxygen atoms in total. The van der Waals surface area contributed by atoms with Crippen LogP contribution in [0.3, 0.4) is 0 Å². The number of rotatable bonds is 8. The number of carbonyl (C=O) groups is 1. The zero-order valence-corrected chi connectivity index (χ0v) is 10.8. The highest BCUT2D eigenvalue weighted by Gasteiger charge is 2.32. The Kier molecular flexibility index (Phi) is 6.38. The summed E-state index contributed by atoms with van der Waals surface area (Å²) in [5, 5.41) is 0. The van der Waals surface area contributed by atoms with Crippen molar-refractivity contribution in [3.8, 4) is 0 Å². The first-order chi connectivity index (χ1) is 8.29. The van der Waals surface area contributed by atoms with Gasteiger partial charge in [-0.1, -0.05) is 37.8 Å². The summed E-state index contributed by atoms with van der Waals surface area (Å²) in [7, 11) is 0. The van der Waals surface area contributed by atoms with E-state index in [4.69, 9.17) is 0 Å². The third-order valence-electron chi connectivity index (χ3n) is 2.80. The first-order valence-corrected chi connectivity index (χ1v) is 6.52. The van der Waals surface area contributed by atoms with Crippen LogP contribution in [0.25, 0.3) is 0 Å². The standard InChI is InChI=1S/C15H23NO/c1-3-5-6-7-8-9-10-13-16(4-2)15(17)14-11-12-14/h4-6,9-10,14H,2-3,7-8,11-13H2,1H3/b6-5-,10-9+. The summed E-state index contributed by atoms with van der Waals surface area (Å²) >= 11 is 0. The average molecular weight is 233 g/mol. The highest BCUT2D eigenvalue weighted by molar-refractivity contribution is 5.82. The molecule has 1 aliphatic rings. The van der Waals surface area contributed by atoms with Crippen LogP contribution in [-0.2, 0) is 4.79 Å². The second kappa shape index (κ2) is 7.88. The van der Waals surface area contributed by atoms with Crippen molar-refractivity contribution < 1.29 is 4.79 Å². The van der Waals surface area contributed by atoms with Crippen LogP contribution in [0.1, 0.15) is 39.0 Å². The molecule has 1 rings (SSSR count). The van der Waals surface area contributed by atoms with Gasteiger partial charge in [0, 0.05) is 12.5 Å². The average Bonchev–Trinajstić information content (AvgIpc) is 3.16. The Morgan fingerprint density at radius 2 is 1.88 bits per heavy atom. The van der Waals surface area contributed by atoms with E-state index < -0.39 is 0 Å². The molecule has 2 heteroatoms. The van der Waals surface area contributed by atoms with Gasteiger partial charge in [0.15, 0.2) is 0 Å². The molecule has 0 radical (unpaired) electrons. The van der Waals surface area contributed by atoms with Gasteiger partial charge in [-0.25, -0.2) is 0 Å². The predicted octanol–water partition coefficient (Wildman–Crippen LogP) is 3.67. The maximum atomic E-state index is 11.8. The van der Waals surface area contributed by atoms with Crippen LogP contribution < -0.4 is 0 Å². The number of hydrogen-bond acceptors (Lipinski definition) is 1. The van der Waals surface area contributed by atoms with Crippen molar-refractivity contribution >= 4 is 5.91 Å². The zero-order valence-electron chi connectivity index (χ0n) is 10.8. The third-order valence-corrected chi connectivity index (χ3v) is 2.80. The number of allylic oxidation sites excluding steroid dienone is 3. The smallest absolute Gasteiger partial charge is 0.229 e. The minimum absolute atomic E-state index is 0.232. The fourth-order valence-corrected chi connectivity index (χ4v) is 1.60. The van der Waals surface area contributed by atoms with Crippen molar-refractivity contribution in [1.82, 2.24) is 4.90 Å². The maximum Gasteiger partial charge on any atom is 0.229 e. The molecular weight excluding hydrogens is 210 g/mol. The lowest BCUT2D eigenvalue weighted by Gasteiger charge is -2.15. The Hall–Kier alpha value is -1.31. The van der Waals surface area contributed by atoms with E-state index in [1.807, 2.05) is 0 Å². The molecule has 0 aromatic heterocycles. The largest absolute Gasteiger partial charge is 0.316 e. The monoisotopic (exact) mass is 233 g/mol. The molecule has 0 atom stereocenters. The second-order valence-electron chi connectivity index (χ2n) is 4.38. The zero-order chi connectivity index (χ0) is 12.5. The van der Waals surface area contributed by atoms with Crippen LogP contribution in [0.2, 0.25) is 0 Å². The second-order valence-corrected chi connectivity index (χ2v) is 4.38. The molecule has 94 valence electrons. The Labute approximate surface area is 105 Å². The number of unbranched alkanes of at least 4 members (excludes halogenated alkanes) is 1. The Morgan fingerprint density at radius 3 is 2.41 bits per heavy atom. The van der Waals surface area contributed by atoms with Crippen molar-refractivity contribution in [3.05, 3.63) is 37.1 Å². The number of nitrogens with zero attached hydrogens (tertiary/aromatic N) is 1. The molecule has 0 bridgehead atoms. The van der Waals surface area contributed by atoms with Gasteiger partial charge in [-0.15, -0.1) is 0 Å². The molecule has 0 aromatic rings. The summed E-state index contributed by atoms with van der Waals surface area (Å²) in [6, 6.07) is 0. The van der Waals surface area contributed by atoms with Gasteiger partial charge in [0.2, 0.25) is 5.91 Å². The van der Waals surface area contributed by atoms with E-state index in [0.717, 1.165) is 32.1 Å². The fourth-order valence-electron chi connectivity index (χ4n) is 1.60. The summed E-state index contributed by atoms with van der Waals surface area (Å²) in [5.41, 5.74) is 0. The van der Waals surface area contributed by atoms with Gasteiger partial charge in [-0.2, -0.15) is 0 Å². The van der Waals surface area contributed by atoms with Crippen molar-refractivity contribution in [3.63, 3.8) is 0 Å². The maximum absolute atomic E-state index is 11.8. The lowest BCUT2D eigenvalue weighted by Crippen LogP contribution is -2.26. The lowest BCUT2D eigenvalue weighted by atomic mass is 10.2. The summed E-state index contributed by atoms with van der Waals surface area (Å²) < 4.78 is 0. The molecule has 17 heavy (non-hydrogen) atoms. The Balaban J connectivity index is 2.18. The summed E-state index contributed by atoms with van der Waals surface area (Å²) in [5.74, 6) is 0.504. The highest BCUT2D eigenvalue weighted by Crippen LogP contribution is 2.30. The molecular formula is C15H23NO. The van der Waals surface area contributed by atoms with E-state index in [-0.39, 0.29) is 11.8 Å². The molecule has 0 unspecified atom stereocenters. The van der Waals surface area contributed by atoms with Gasteiger partial charge in [0.25, 0.3) is 0 Å². The van der Waals surface area contributed by atoms with Crippen LogP contribution in [0, 0.1) is 5.92 Å². The normalized spacial score (nSPS) is 15.6. The Morgan fingerprint density at radius 1 is 1.24 bits per heavy atom. The topological polar surface area (TPSA) is 20.3 Å². The molecule has 0 heterocycles. The van der Waals surface area contributed by atoms with Crippen LogP contribution in [0.5, 0.6) is 0 Å². The molecule has 1 fully saturated rings. The van der Waals surface area contributed by atoms with Crippen molar-refractivity contribution in [2.45, 2.75) is 39.0 Å². The fraction of sp³-hybridized carbons (Fsp3) is 0.533. The van der Waals surface area contributed by atoms with Crippen LogP contribution in [0.4, 0.5) is 0 Å². The van der Waals surface area contributed by atoms with E-state index >= 15 is 0 Å². The minimum Gasteiger partial charge on any atom is -0.316 e. The van der Waals surface area contributed by atoms with E-state index in [9.17, 15) is 4.79 Å². The van der Waals surface area contributed by atoms with Crippen molar-refractivity contribution in [2.75, 3.05) is 6.54 Å². The van der Waals surface area contributed by atoms with Crippen LogP contribution in [0.15, 0.2) is 37.1 Å². The first kappa shape index (κ1) is 13.8. The van der Waals surface area contributed by atoms with Gasteiger partial charge in [-0.05, 0) is 38.3 Å². The van der Waals surface area contributed by atoms with Gasteiger partial charge < -0.3 is 4.90 Å². The molecule has 0 saturated heterocycles. The molecule has 1 aliphatic carbocycles. The van der Waals surface area contributed by atoms with E-state index in [1.54, 1.807) is 11.1 Å². The predicted molar refractivity (Wildman–Crippen MR) is 72.4 cm³/mol. The lowest BCUT2D eigenvalue weighted by molar-refractivity contribution is -0.129. The Bertz CT molecular complexity index is 300. The first-order valence-electron chi connectivity index (χ1n) is 6.52. The van der Waals surface area contributed by atoms with Crippen molar-refractivity contribution in [2.24, 2.45) is 5.92 Å². The van der Waals surface area contributed by atoms with Gasteiger partial charge in [0.05, 0.1) is 0 Å². The molecule has 0 aliphatic heterocycles. The molecule has 0 spiro atoms. The van der Waals surface area contributed by atoms with Gasteiger partial charge in [0.1, 0.15) is 0 Å². The number of carbonyl (C=O) groups excluding carboxylic acids is 1. The van der Waals surface area contributed by atoms with Gasteiger partial charge in [-0.3, -0.25) is 4.79 Å². The van der Waals surface area contributed by atoms with Crippen LogP contribution >= 0.6 is 0 Å². The number of amides is 1.